The van der Waals surface area contributed by atoms with Crippen molar-refractivity contribution in [2.45, 2.75) is 43.4 Å². The number of non-ortho nitro benzene ring substituents is 1. The third-order valence-corrected chi connectivity index (χ3v) is 6.23. The molecule has 4 rings (SSSR count). The van der Waals surface area contributed by atoms with Gasteiger partial charge in [-0.3, -0.25) is 14.9 Å². The second-order valence-electron chi connectivity index (χ2n) is 7.65. The average Bonchev–Trinajstić information content (AvgIpc) is 3.43. The molecule has 0 saturated carbocycles. The largest absolute Gasteiger partial charge is 0.456 e. The Hall–Kier alpha value is -3.84. The number of rotatable bonds is 8. The third-order valence-electron chi connectivity index (χ3n) is 5.22. The molecule has 1 aromatic heterocycles. The van der Waals surface area contributed by atoms with Crippen LogP contribution in [0.15, 0.2) is 59.8 Å². The monoisotopic (exact) mass is 499 g/mol. The highest BCUT2D eigenvalue weighted by atomic mass is 32.2. The Balaban J connectivity index is 1.46. The molecule has 13 heteroatoms. The Kier molecular flexibility index (Phi) is 7.36. The van der Waals surface area contributed by atoms with Crippen LogP contribution < -0.4 is 0 Å². The maximum atomic E-state index is 12.7. The van der Waals surface area contributed by atoms with Crippen LogP contribution in [-0.2, 0) is 19.0 Å². The van der Waals surface area contributed by atoms with Crippen LogP contribution in [0.4, 0.5) is 5.69 Å². The molecule has 1 aliphatic rings. The number of carbonyl (C=O) groups is 2. The highest BCUT2D eigenvalue weighted by molar-refractivity contribution is 7.99. The van der Waals surface area contributed by atoms with Crippen molar-refractivity contribution in [3.05, 3.63) is 70.3 Å². The summed E-state index contributed by atoms with van der Waals surface area (Å²) in [6.45, 7) is 2.97. The third kappa shape index (κ3) is 5.63. The lowest BCUT2D eigenvalue weighted by Gasteiger charge is -2.23. The number of hydrogen-bond donors (Lipinski definition) is 0. The fourth-order valence-corrected chi connectivity index (χ4v) is 4.55. The summed E-state index contributed by atoms with van der Waals surface area (Å²) >= 11 is 1.31. The van der Waals surface area contributed by atoms with Gasteiger partial charge in [0, 0.05) is 24.8 Å². The van der Waals surface area contributed by atoms with Crippen molar-refractivity contribution in [1.82, 2.24) is 20.2 Å². The van der Waals surface area contributed by atoms with Crippen molar-refractivity contribution in [2.75, 3.05) is 5.75 Å². The first-order valence-corrected chi connectivity index (χ1v) is 11.6. The van der Waals surface area contributed by atoms with E-state index in [1.54, 1.807) is 11.6 Å². The second kappa shape index (κ2) is 10.6. The molecule has 2 heterocycles. The zero-order valence-electron chi connectivity index (χ0n) is 18.7. The molecule has 0 amide bonds. The number of thioether (sulfide) groups is 1. The quantitative estimate of drug-likeness (QED) is 0.195. The number of para-hydroxylation sites is 1. The highest BCUT2D eigenvalue weighted by Crippen LogP contribution is 2.31. The van der Waals surface area contributed by atoms with E-state index in [-0.39, 0.29) is 11.3 Å². The Morgan fingerprint density at radius 3 is 2.49 bits per heavy atom. The molecule has 1 saturated heterocycles. The molecule has 3 aromatic rings. The Morgan fingerprint density at radius 1 is 1.11 bits per heavy atom. The molecule has 0 radical (unpaired) electrons. The number of nitro benzene ring substituents is 1. The zero-order valence-corrected chi connectivity index (χ0v) is 19.5. The normalized spacial score (nSPS) is 21.4. The zero-order chi connectivity index (χ0) is 24.9. The average molecular weight is 500 g/mol. The molecule has 1 aliphatic heterocycles. The minimum absolute atomic E-state index is 0.129. The molecule has 0 N–H and O–H groups in total. The van der Waals surface area contributed by atoms with E-state index in [0.29, 0.717) is 10.9 Å². The van der Waals surface area contributed by atoms with Crippen LogP contribution in [0.3, 0.4) is 0 Å². The molecule has 2 aromatic carbocycles. The number of hydrogen-bond acceptors (Lipinski definition) is 11. The Morgan fingerprint density at radius 2 is 1.83 bits per heavy atom. The SMILES string of the molecule is CC(=O)O[C@H]1[C@@H](OC(=O)c2ccc([N+](=O)[O-])cc2)[C@H](C)O[C@@H]1CSc1nnnn1-c1ccccc1. The topological polar surface area (TPSA) is 149 Å². The number of nitrogens with zero attached hydrogens (tertiary/aromatic N) is 5. The second-order valence-corrected chi connectivity index (χ2v) is 8.63. The van der Waals surface area contributed by atoms with Crippen LogP contribution in [0.1, 0.15) is 24.2 Å². The van der Waals surface area contributed by atoms with Gasteiger partial charge in [0.15, 0.2) is 12.2 Å². The van der Waals surface area contributed by atoms with E-state index in [1.807, 2.05) is 30.3 Å². The summed E-state index contributed by atoms with van der Waals surface area (Å²) in [5, 5.41) is 23.2. The summed E-state index contributed by atoms with van der Waals surface area (Å²) in [6, 6.07) is 14.4. The van der Waals surface area contributed by atoms with Gasteiger partial charge < -0.3 is 14.2 Å². The van der Waals surface area contributed by atoms with Gasteiger partial charge in [0.25, 0.3) is 5.69 Å². The lowest BCUT2D eigenvalue weighted by atomic mass is 10.1. The van der Waals surface area contributed by atoms with Crippen LogP contribution in [-0.4, -0.2) is 67.2 Å². The van der Waals surface area contributed by atoms with Gasteiger partial charge in [-0.05, 0) is 41.6 Å². The predicted octanol–water partition coefficient (Wildman–Crippen LogP) is 2.61. The van der Waals surface area contributed by atoms with Crippen molar-refractivity contribution in [1.29, 1.82) is 0 Å². The minimum atomic E-state index is -0.877. The van der Waals surface area contributed by atoms with E-state index in [1.165, 1.54) is 43.0 Å². The highest BCUT2D eigenvalue weighted by Gasteiger charge is 2.47. The molecular weight excluding hydrogens is 478 g/mol. The van der Waals surface area contributed by atoms with Crippen LogP contribution in [0.5, 0.6) is 0 Å². The molecule has 0 bridgehead atoms. The first-order valence-electron chi connectivity index (χ1n) is 10.6. The summed E-state index contributed by atoms with van der Waals surface area (Å²) in [7, 11) is 0. The van der Waals surface area contributed by atoms with Gasteiger partial charge in [0.1, 0.15) is 6.10 Å². The van der Waals surface area contributed by atoms with E-state index in [9.17, 15) is 19.7 Å². The molecule has 12 nitrogen and oxygen atoms in total. The van der Waals surface area contributed by atoms with Gasteiger partial charge in [-0.25, -0.2) is 4.79 Å². The van der Waals surface area contributed by atoms with Crippen LogP contribution in [0.25, 0.3) is 5.69 Å². The first-order chi connectivity index (χ1) is 16.8. The number of aromatic nitrogens is 4. The van der Waals surface area contributed by atoms with Gasteiger partial charge in [-0.1, -0.05) is 30.0 Å². The van der Waals surface area contributed by atoms with Crippen LogP contribution in [0.2, 0.25) is 0 Å². The standard InChI is InChI=1S/C22H21N5O7S/c1-13-19(34-21(29)15-8-10-17(11-9-15)27(30)31)20(33-14(2)28)18(32-13)12-35-22-23-24-25-26(22)16-6-4-3-5-7-16/h3-11,13,18-20H,12H2,1-2H3/t13-,18+,19-,20+/m0/s1. The lowest BCUT2D eigenvalue weighted by molar-refractivity contribution is -0.384. The number of nitro groups is 1. The van der Waals surface area contributed by atoms with Crippen LogP contribution >= 0.6 is 11.8 Å². The summed E-state index contributed by atoms with van der Waals surface area (Å²) in [6.07, 6.45) is -2.91. The summed E-state index contributed by atoms with van der Waals surface area (Å²) in [4.78, 5) is 34.8. The number of carbonyl (C=O) groups excluding carboxylic acids is 2. The maximum Gasteiger partial charge on any atom is 0.338 e. The molecule has 0 aliphatic carbocycles. The molecule has 0 spiro atoms. The number of benzene rings is 2. The molecule has 1 fully saturated rings. The number of esters is 2. The summed E-state index contributed by atoms with van der Waals surface area (Å²) in [5.74, 6) is -0.937. The smallest absolute Gasteiger partial charge is 0.338 e. The van der Waals surface area contributed by atoms with Crippen LogP contribution in [0, 0.1) is 10.1 Å². The van der Waals surface area contributed by atoms with Crippen molar-refractivity contribution in [2.24, 2.45) is 0 Å². The fourth-order valence-electron chi connectivity index (χ4n) is 3.61. The number of ether oxygens (including phenoxy) is 3. The number of tetrazole rings is 1. The first kappa shape index (κ1) is 24.3. The van der Waals surface area contributed by atoms with Crippen molar-refractivity contribution < 1.29 is 28.7 Å². The molecule has 35 heavy (non-hydrogen) atoms. The molecule has 182 valence electrons. The lowest BCUT2D eigenvalue weighted by Crippen LogP contribution is -2.40. The van der Waals surface area contributed by atoms with Gasteiger partial charge in [0.2, 0.25) is 5.16 Å². The maximum absolute atomic E-state index is 12.7. The van der Waals surface area contributed by atoms with E-state index in [0.717, 1.165) is 5.69 Å². The van der Waals surface area contributed by atoms with E-state index in [2.05, 4.69) is 15.5 Å². The molecule has 0 unspecified atom stereocenters. The Bertz CT molecular complexity index is 1200. The van der Waals surface area contributed by atoms with Crippen molar-refractivity contribution >= 4 is 29.4 Å². The van der Waals surface area contributed by atoms with E-state index >= 15 is 0 Å². The van der Waals surface area contributed by atoms with Gasteiger partial charge >= 0.3 is 11.9 Å². The molecular formula is C22H21N5O7S. The minimum Gasteiger partial charge on any atom is -0.456 e. The van der Waals surface area contributed by atoms with Crippen molar-refractivity contribution in [3.8, 4) is 5.69 Å². The van der Waals surface area contributed by atoms with E-state index in [4.69, 9.17) is 14.2 Å². The fraction of sp³-hybridized carbons (Fsp3) is 0.318. The van der Waals surface area contributed by atoms with Gasteiger partial charge in [-0.15, -0.1) is 5.10 Å². The summed E-state index contributed by atoms with van der Waals surface area (Å²) in [5.41, 5.74) is 0.767. The van der Waals surface area contributed by atoms with E-state index < -0.39 is 41.3 Å². The Labute approximate surface area is 203 Å². The molecule has 4 atom stereocenters. The predicted molar refractivity (Wildman–Crippen MR) is 122 cm³/mol. The van der Waals surface area contributed by atoms with Gasteiger partial charge in [-0.2, -0.15) is 4.68 Å². The van der Waals surface area contributed by atoms with Crippen molar-refractivity contribution in [3.63, 3.8) is 0 Å². The summed E-state index contributed by atoms with van der Waals surface area (Å²) < 4.78 is 18.7. The van der Waals surface area contributed by atoms with Gasteiger partial charge in [0.05, 0.1) is 22.3 Å².